The highest BCUT2D eigenvalue weighted by atomic mass is 32.2. The fourth-order valence-electron chi connectivity index (χ4n) is 3.01. The molecule has 0 fully saturated rings. The number of nitriles is 2. The maximum atomic E-state index is 9.91. The fraction of sp³-hybridized carbons (Fsp3) is 0.304. The Hall–Kier alpha value is -3.35. The number of thioether (sulfide) groups is 1. The molecule has 34 heavy (non-hydrogen) atoms. The van der Waals surface area contributed by atoms with E-state index in [1.807, 2.05) is 5.38 Å². The zero-order chi connectivity index (χ0) is 24.7. The van der Waals surface area contributed by atoms with E-state index in [4.69, 9.17) is 20.9 Å². The van der Waals surface area contributed by atoms with Crippen LogP contribution in [-0.2, 0) is 10.5 Å². The molecule has 9 nitrogen and oxygen atoms in total. The first-order valence-corrected chi connectivity index (χ1v) is 12.1. The lowest BCUT2D eigenvalue weighted by molar-refractivity contribution is -0.176. The Bertz CT molecular complexity index is 1220. The minimum atomic E-state index is -1.17. The van der Waals surface area contributed by atoms with Gasteiger partial charge in [-0.15, -0.1) is 11.3 Å². The van der Waals surface area contributed by atoms with Crippen LogP contribution in [0, 0.1) is 22.7 Å². The molecule has 2 aromatic heterocycles. The van der Waals surface area contributed by atoms with Crippen molar-refractivity contribution < 1.29 is 14.6 Å². The van der Waals surface area contributed by atoms with Crippen molar-refractivity contribution in [1.29, 1.82) is 10.5 Å². The highest BCUT2D eigenvalue weighted by Gasteiger charge is 2.21. The zero-order valence-electron chi connectivity index (χ0n) is 18.7. The van der Waals surface area contributed by atoms with Crippen molar-refractivity contribution in [1.82, 2.24) is 9.97 Å². The standard InChI is InChI=1S/C23H24N6O3S2/c1-23(2,30)32-9-3-8-31-16-6-4-14(5-7-16)19-17(10-24)20(26)29-21(18(19)11-25)33-12-15-13-34-22(27)28-15/h4-7,13,30H,3,8-9,12H2,1-2H3,(H2,26,29)(H2,27,28). The molecule has 0 aliphatic heterocycles. The Balaban J connectivity index is 1.80. The molecule has 5 N–H and O–H groups in total. The van der Waals surface area contributed by atoms with E-state index >= 15 is 0 Å². The van der Waals surface area contributed by atoms with Gasteiger partial charge in [0.25, 0.3) is 0 Å². The minimum absolute atomic E-state index is 0.0592. The molecule has 0 radical (unpaired) electrons. The second-order valence-electron chi connectivity index (χ2n) is 7.64. The van der Waals surface area contributed by atoms with Gasteiger partial charge in [0.1, 0.15) is 34.3 Å². The van der Waals surface area contributed by atoms with Crippen LogP contribution in [0.3, 0.4) is 0 Å². The van der Waals surface area contributed by atoms with Gasteiger partial charge in [-0.25, -0.2) is 9.97 Å². The summed E-state index contributed by atoms with van der Waals surface area (Å²) in [6, 6.07) is 11.3. The number of hydrogen-bond acceptors (Lipinski definition) is 11. The van der Waals surface area contributed by atoms with Crippen LogP contribution in [0.5, 0.6) is 5.75 Å². The van der Waals surface area contributed by atoms with Gasteiger partial charge in [0, 0.05) is 23.1 Å². The molecule has 0 saturated carbocycles. The normalized spacial score (nSPS) is 11.1. The monoisotopic (exact) mass is 496 g/mol. The Kier molecular flexibility index (Phi) is 8.31. The number of aliphatic hydroxyl groups is 1. The molecule has 11 heteroatoms. The van der Waals surface area contributed by atoms with Gasteiger partial charge >= 0.3 is 0 Å². The Morgan fingerprint density at radius 2 is 1.79 bits per heavy atom. The first-order valence-electron chi connectivity index (χ1n) is 10.3. The van der Waals surface area contributed by atoms with E-state index in [1.54, 1.807) is 38.1 Å². The van der Waals surface area contributed by atoms with Crippen LogP contribution in [0.4, 0.5) is 10.9 Å². The number of benzene rings is 1. The average Bonchev–Trinajstić information content (AvgIpc) is 3.21. The van der Waals surface area contributed by atoms with E-state index in [1.165, 1.54) is 23.1 Å². The van der Waals surface area contributed by atoms with Crippen LogP contribution in [0.2, 0.25) is 0 Å². The van der Waals surface area contributed by atoms with Crippen molar-refractivity contribution in [3.8, 4) is 29.0 Å². The molecule has 176 valence electrons. The predicted octanol–water partition coefficient (Wildman–Crippen LogP) is 3.92. The SMILES string of the molecule is CC(C)(O)OCCCOc1ccc(-c2c(C#N)c(N)nc(SCc3csc(N)n3)c2C#N)cc1. The van der Waals surface area contributed by atoms with Crippen molar-refractivity contribution in [3.63, 3.8) is 0 Å². The Morgan fingerprint density at radius 1 is 1.09 bits per heavy atom. The van der Waals surface area contributed by atoms with Gasteiger partial charge in [0.2, 0.25) is 0 Å². The Morgan fingerprint density at radius 3 is 2.38 bits per heavy atom. The first kappa shape index (κ1) is 25.3. The molecule has 0 bridgehead atoms. The van der Waals surface area contributed by atoms with Crippen LogP contribution in [0.1, 0.15) is 37.1 Å². The number of thiazole rings is 1. The number of nitrogen functional groups attached to an aromatic ring is 2. The number of rotatable bonds is 10. The third-order valence-electron chi connectivity index (χ3n) is 4.50. The van der Waals surface area contributed by atoms with Gasteiger partial charge in [0.05, 0.1) is 24.5 Å². The number of aromatic nitrogens is 2. The molecule has 0 aliphatic carbocycles. The van der Waals surface area contributed by atoms with E-state index < -0.39 is 5.79 Å². The lowest BCUT2D eigenvalue weighted by Gasteiger charge is -2.18. The van der Waals surface area contributed by atoms with Gasteiger partial charge in [-0.2, -0.15) is 10.5 Å². The summed E-state index contributed by atoms with van der Waals surface area (Å²) in [5.74, 6) is -0.0227. The number of ether oxygens (including phenoxy) is 2. The molecule has 0 saturated heterocycles. The van der Waals surface area contributed by atoms with Crippen molar-refractivity contribution >= 4 is 34.0 Å². The van der Waals surface area contributed by atoms with E-state index in [0.717, 1.165) is 5.69 Å². The van der Waals surface area contributed by atoms with E-state index in [-0.39, 0.29) is 16.9 Å². The van der Waals surface area contributed by atoms with Gasteiger partial charge in [-0.1, -0.05) is 23.9 Å². The van der Waals surface area contributed by atoms with Crippen molar-refractivity contribution in [2.24, 2.45) is 0 Å². The van der Waals surface area contributed by atoms with Crippen LogP contribution >= 0.6 is 23.1 Å². The number of anilines is 2. The minimum Gasteiger partial charge on any atom is -0.494 e. The second-order valence-corrected chi connectivity index (χ2v) is 9.49. The third kappa shape index (κ3) is 6.59. The van der Waals surface area contributed by atoms with Gasteiger partial charge in [0.15, 0.2) is 10.9 Å². The summed E-state index contributed by atoms with van der Waals surface area (Å²) in [5, 5.41) is 31.9. The highest BCUT2D eigenvalue weighted by Crippen LogP contribution is 2.37. The highest BCUT2D eigenvalue weighted by molar-refractivity contribution is 7.98. The van der Waals surface area contributed by atoms with E-state index in [2.05, 4.69) is 22.1 Å². The van der Waals surface area contributed by atoms with Gasteiger partial charge in [-0.05, 0) is 31.5 Å². The van der Waals surface area contributed by atoms with Gasteiger partial charge in [-0.3, -0.25) is 0 Å². The number of nitrogens with two attached hydrogens (primary N) is 2. The number of hydrogen-bond donors (Lipinski definition) is 3. The van der Waals surface area contributed by atoms with E-state index in [9.17, 15) is 15.6 Å². The summed E-state index contributed by atoms with van der Waals surface area (Å²) in [5.41, 5.74) is 14.0. The molecule has 3 aromatic rings. The van der Waals surface area contributed by atoms with E-state index in [0.29, 0.717) is 52.4 Å². The second kappa shape index (κ2) is 11.2. The Labute approximate surface area is 206 Å². The molecule has 0 aliphatic rings. The molecule has 1 aromatic carbocycles. The molecular formula is C23H24N6O3S2. The summed E-state index contributed by atoms with van der Waals surface area (Å²) in [4.78, 5) is 8.52. The van der Waals surface area contributed by atoms with Crippen molar-refractivity contribution in [3.05, 3.63) is 46.5 Å². The lowest BCUT2D eigenvalue weighted by atomic mass is 9.97. The predicted molar refractivity (Wildman–Crippen MR) is 132 cm³/mol. The number of nitrogens with zero attached hydrogens (tertiary/aromatic N) is 4. The van der Waals surface area contributed by atoms with Crippen LogP contribution in [-0.4, -0.2) is 34.1 Å². The third-order valence-corrected chi connectivity index (χ3v) is 6.23. The first-order chi connectivity index (χ1) is 16.2. The summed E-state index contributed by atoms with van der Waals surface area (Å²) in [6.07, 6.45) is 0.606. The smallest absolute Gasteiger partial charge is 0.180 e. The molecule has 0 amide bonds. The quantitative estimate of drug-likeness (QED) is 0.213. The summed E-state index contributed by atoms with van der Waals surface area (Å²) in [7, 11) is 0. The molecule has 0 atom stereocenters. The van der Waals surface area contributed by atoms with Crippen LogP contribution < -0.4 is 16.2 Å². The van der Waals surface area contributed by atoms with Crippen molar-refractivity contribution in [2.75, 3.05) is 24.7 Å². The molecule has 0 unspecified atom stereocenters. The fourth-order valence-corrected chi connectivity index (χ4v) is 4.57. The maximum absolute atomic E-state index is 9.91. The lowest BCUT2D eigenvalue weighted by Crippen LogP contribution is -2.24. The molecule has 0 spiro atoms. The average molecular weight is 497 g/mol. The largest absolute Gasteiger partial charge is 0.494 e. The molecular weight excluding hydrogens is 472 g/mol. The zero-order valence-corrected chi connectivity index (χ0v) is 20.4. The maximum Gasteiger partial charge on any atom is 0.180 e. The summed E-state index contributed by atoms with van der Waals surface area (Å²) < 4.78 is 11.0. The van der Waals surface area contributed by atoms with Gasteiger partial charge < -0.3 is 26.0 Å². The van der Waals surface area contributed by atoms with Crippen LogP contribution in [0.15, 0.2) is 34.7 Å². The van der Waals surface area contributed by atoms with Crippen molar-refractivity contribution in [2.45, 2.75) is 36.8 Å². The molecule has 2 heterocycles. The summed E-state index contributed by atoms with van der Waals surface area (Å²) in [6.45, 7) is 3.92. The summed E-state index contributed by atoms with van der Waals surface area (Å²) >= 11 is 2.65. The molecule has 3 rings (SSSR count). The topological polar surface area (TPSA) is 164 Å². The number of pyridine rings is 1. The van der Waals surface area contributed by atoms with Crippen LogP contribution in [0.25, 0.3) is 11.1 Å².